The van der Waals surface area contributed by atoms with E-state index in [0.717, 1.165) is 17.0 Å². The molecule has 0 amide bonds. The summed E-state index contributed by atoms with van der Waals surface area (Å²) in [6.07, 6.45) is 0. The Kier molecular flexibility index (Phi) is 6.31. The quantitative estimate of drug-likeness (QED) is 0.749. The van der Waals surface area contributed by atoms with Crippen molar-refractivity contribution in [3.05, 3.63) is 58.1 Å². The van der Waals surface area contributed by atoms with E-state index in [1.165, 1.54) is 0 Å². The fraction of sp³-hybridized carbons (Fsp3) is 0.188. The van der Waals surface area contributed by atoms with Gasteiger partial charge in [0.1, 0.15) is 5.75 Å². The van der Waals surface area contributed by atoms with E-state index in [1.807, 2.05) is 37.3 Å². The Balaban J connectivity index is 1.96. The number of benzene rings is 2. The molecule has 0 radical (unpaired) electrons. The number of rotatable bonds is 5. The normalized spacial score (nSPS) is 10.1. The summed E-state index contributed by atoms with van der Waals surface area (Å²) >= 11 is 17.3. The number of hydrogen-bond acceptors (Lipinski definition) is 2. The Labute approximate surface area is 145 Å². The molecule has 116 valence electrons. The maximum Gasteiger partial charge on any atom is 0.171 e. The van der Waals surface area contributed by atoms with Gasteiger partial charge in [0.2, 0.25) is 0 Å². The first kappa shape index (κ1) is 16.9. The summed E-state index contributed by atoms with van der Waals surface area (Å²) in [4.78, 5) is 0. The van der Waals surface area contributed by atoms with Crippen molar-refractivity contribution in [2.24, 2.45) is 0 Å². The minimum atomic E-state index is 0.498. The number of nitrogens with one attached hydrogen (secondary N) is 2. The lowest BCUT2D eigenvalue weighted by Crippen LogP contribution is -2.28. The van der Waals surface area contributed by atoms with Gasteiger partial charge in [0.15, 0.2) is 5.11 Å². The number of ether oxygens (including phenoxy) is 1. The topological polar surface area (TPSA) is 33.3 Å². The Bertz CT molecular complexity index is 664. The van der Waals surface area contributed by atoms with Crippen molar-refractivity contribution in [3.8, 4) is 5.75 Å². The van der Waals surface area contributed by atoms with Crippen LogP contribution in [0.1, 0.15) is 12.5 Å². The van der Waals surface area contributed by atoms with Crippen molar-refractivity contribution in [2.75, 3.05) is 11.9 Å². The molecule has 0 aromatic heterocycles. The van der Waals surface area contributed by atoms with E-state index in [4.69, 9.17) is 40.2 Å². The van der Waals surface area contributed by atoms with E-state index >= 15 is 0 Å². The zero-order valence-corrected chi connectivity index (χ0v) is 14.4. The standard InChI is InChI=1S/C16H16Cl2N2OS/c1-2-21-15-6-4-3-5-14(15)20-16(22)19-10-11-7-8-12(17)9-13(11)18/h3-9H,2,10H2,1H3,(H2,19,20,22). The number of anilines is 1. The zero-order valence-electron chi connectivity index (χ0n) is 12.0. The van der Waals surface area contributed by atoms with Crippen molar-refractivity contribution in [1.82, 2.24) is 5.32 Å². The van der Waals surface area contributed by atoms with E-state index in [1.54, 1.807) is 12.1 Å². The number of hydrogen-bond donors (Lipinski definition) is 2. The highest BCUT2D eigenvalue weighted by atomic mass is 35.5. The van der Waals surface area contributed by atoms with Gasteiger partial charge in [0.05, 0.1) is 12.3 Å². The lowest BCUT2D eigenvalue weighted by atomic mass is 10.2. The van der Waals surface area contributed by atoms with E-state index in [0.29, 0.717) is 28.3 Å². The first-order valence-electron chi connectivity index (χ1n) is 6.80. The van der Waals surface area contributed by atoms with Crippen LogP contribution in [0, 0.1) is 0 Å². The molecule has 22 heavy (non-hydrogen) atoms. The van der Waals surface area contributed by atoms with Crippen LogP contribution in [0.4, 0.5) is 5.69 Å². The van der Waals surface area contributed by atoms with Crippen LogP contribution in [0.5, 0.6) is 5.75 Å². The Morgan fingerprint density at radius 1 is 1.18 bits per heavy atom. The molecule has 2 N–H and O–H groups in total. The van der Waals surface area contributed by atoms with Crippen LogP contribution >= 0.6 is 35.4 Å². The van der Waals surface area contributed by atoms with Crippen LogP contribution in [0.15, 0.2) is 42.5 Å². The first-order valence-corrected chi connectivity index (χ1v) is 7.97. The van der Waals surface area contributed by atoms with Gasteiger partial charge in [0.25, 0.3) is 0 Å². The number of halogens is 2. The third kappa shape index (κ3) is 4.77. The summed E-state index contributed by atoms with van der Waals surface area (Å²) < 4.78 is 5.55. The average molecular weight is 355 g/mol. The molecule has 6 heteroatoms. The van der Waals surface area contributed by atoms with E-state index in [9.17, 15) is 0 Å². The fourth-order valence-electron chi connectivity index (χ4n) is 1.86. The third-order valence-corrected chi connectivity index (χ3v) is 3.72. The van der Waals surface area contributed by atoms with Gasteiger partial charge < -0.3 is 15.4 Å². The number of thiocarbonyl (C=S) groups is 1. The molecular weight excluding hydrogens is 339 g/mol. The van der Waals surface area contributed by atoms with Gasteiger partial charge >= 0.3 is 0 Å². The average Bonchev–Trinajstić information content (AvgIpc) is 2.48. The Hall–Kier alpha value is -1.49. The Morgan fingerprint density at radius 2 is 1.95 bits per heavy atom. The summed E-state index contributed by atoms with van der Waals surface area (Å²) in [7, 11) is 0. The predicted molar refractivity (Wildman–Crippen MR) is 97.1 cm³/mol. The molecule has 0 bridgehead atoms. The third-order valence-electron chi connectivity index (χ3n) is 2.89. The minimum absolute atomic E-state index is 0.498. The summed E-state index contributed by atoms with van der Waals surface area (Å²) in [5, 5.41) is 7.96. The van der Waals surface area contributed by atoms with Crippen molar-refractivity contribution < 1.29 is 4.74 Å². The largest absolute Gasteiger partial charge is 0.492 e. The van der Waals surface area contributed by atoms with Gasteiger partial charge in [-0.25, -0.2) is 0 Å². The molecule has 0 spiro atoms. The van der Waals surface area contributed by atoms with Gasteiger partial charge in [-0.15, -0.1) is 0 Å². The smallest absolute Gasteiger partial charge is 0.171 e. The SMILES string of the molecule is CCOc1ccccc1NC(=S)NCc1ccc(Cl)cc1Cl. The second-order valence-electron chi connectivity index (χ2n) is 4.47. The summed E-state index contributed by atoms with van der Waals surface area (Å²) in [5.41, 5.74) is 1.75. The minimum Gasteiger partial charge on any atom is -0.492 e. The molecule has 0 unspecified atom stereocenters. The van der Waals surface area contributed by atoms with Crippen molar-refractivity contribution in [1.29, 1.82) is 0 Å². The van der Waals surface area contributed by atoms with Crippen LogP contribution in [0.25, 0.3) is 0 Å². The van der Waals surface area contributed by atoms with Crippen LogP contribution in [0.2, 0.25) is 10.0 Å². The first-order chi connectivity index (χ1) is 10.6. The molecule has 0 saturated carbocycles. The van der Waals surface area contributed by atoms with Crippen molar-refractivity contribution in [3.63, 3.8) is 0 Å². The zero-order chi connectivity index (χ0) is 15.9. The monoisotopic (exact) mass is 354 g/mol. The highest BCUT2D eigenvalue weighted by Crippen LogP contribution is 2.24. The molecule has 3 nitrogen and oxygen atoms in total. The van der Waals surface area contributed by atoms with E-state index in [2.05, 4.69) is 10.6 Å². The van der Waals surface area contributed by atoms with Gasteiger partial charge in [-0.05, 0) is 49.0 Å². The summed E-state index contributed by atoms with van der Waals surface area (Å²) in [5.74, 6) is 0.763. The van der Waals surface area contributed by atoms with Crippen LogP contribution in [0.3, 0.4) is 0 Å². The molecule has 0 aliphatic rings. The highest BCUT2D eigenvalue weighted by Gasteiger charge is 2.06. The molecular formula is C16H16Cl2N2OS. The number of para-hydroxylation sites is 2. The molecule has 2 aromatic rings. The van der Waals surface area contributed by atoms with Gasteiger partial charge in [-0.2, -0.15) is 0 Å². The van der Waals surface area contributed by atoms with Crippen molar-refractivity contribution >= 4 is 46.2 Å². The van der Waals surface area contributed by atoms with Crippen molar-refractivity contribution in [2.45, 2.75) is 13.5 Å². The maximum absolute atomic E-state index is 6.13. The molecule has 0 atom stereocenters. The highest BCUT2D eigenvalue weighted by molar-refractivity contribution is 7.80. The Morgan fingerprint density at radius 3 is 2.68 bits per heavy atom. The lowest BCUT2D eigenvalue weighted by Gasteiger charge is -2.14. The molecule has 0 heterocycles. The van der Waals surface area contributed by atoms with Crippen LogP contribution in [-0.2, 0) is 6.54 Å². The second kappa shape index (κ2) is 8.22. The molecule has 0 aliphatic heterocycles. The molecule has 2 rings (SSSR count). The van der Waals surface area contributed by atoms with Gasteiger partial charge in [0, 0.05) is 16.6 Å². The van der Waals surface area contributed by atoms with Crippen LogP contribution < -0.4 is 15.4 Å². The van der Waals surface area contributed by atoms with E-state index in [-0.39, 0.29) is 0 Å². The lowest BCUT2D eigenvalue weighted by molar-refractivity contribution is 0.342. The molecule has 0 saturated heterocycles. The van der Waals surface area contributed by atoms with Crippen LogP contribution in [-0.4, -0.2) is 11.7 Å². The molecule has 2 aromatic carbocycles. The molecule has 0 aliphatic carbocycles. The summed E-state index contributed by atoms with van der Waals surface area (Å²) in [6.45, 7) is 3.05. The fourth-order valence-corrected chi connectivity index (χ4v) is 2.52. The second-order valence-corrected chi connectivity index (χ2v) is 5.72. The maximum atomic E-state index is 6.13. The van der Waals surface area contributed by atoms with Gasteiger partial charge in [-0.3, -0.25) is 0 Å². The summed E-state index contributed by atoms with van der Waals surface area (Å²) in [6, 6.07) is 13.0. The van der Waals surface area contributed by atoms with Gasteiger partial charge in [-0.1, -0.05) is 41.4 Å². The predicted octanol–water partition coefficient (Wildman–Crippen LogP) is 4.88. The molecule has 0 fully saturated rings. The van der Waals surface area contributed by atoms with E-state index < -0.39 is 0 Å².